The fourth-order valence-corrected chi connectivity index (χ4v) is 1.47. The van der Waals surface area contributed by atoms with Crippen LogP contribution in [0.25, 0.3) is 11.0 Å². The lowest BCUT2D eigenvalue weighted by molar-refractivity contribution is 0.0967. The summed E-state index contributed by atoms with van der Waals surface area (Å²) in [6.07, 6.45) is 0. The van der Waals surface area contributed by atoms with Crippen LogP contribution in [0.1, 0.15) is 10.6 Å². The van der Waals surface area contributed by atoms with Crippen LogP contribution >= 0.6 is 0 Å². The maximum atomic E-state index is 10.8. The Hall–Kier alpha value is -2.01. The fraction of sp³-hybridized carbons (Fsp3) is 0.250. The molecule has 0 saturated heterocycles. The van der Waals surface area contributed by atoms with Gasteiger partial charge in [-0.25, -0.2) is 0 Å². The van der Waals surface area contributed by atoms with E-state index >= 15 is 0 Å². The Balaban J connectivity index is 2.21. The quantitative estimate of drug-likeness (QED) is 0.740. The summed E-state index contributed by atoms with van der Waals surface area (Å²) >= 11 is 0. The molecule has 2 rings (SSSR count). The Labute approximate surface area is 98.1 Å². The van der Waals surface area contributed by atoms with Gasteiger partial charge in [0, 0.05) is 12.5 Å². The van der Waals surface area contributed by atoms with Gasteiger partial charge in [-0.2, -0.15) is 0 Å². The highest BCUT2D eigenvalue weighted by Crippen LogP contribution is 2.24. The first-order valence-electron chi connectivity index (χ1n) is 5.12. The van der Waals surface area contributed by atoms with Crippen LogP contribution < -0.4 is 10.5 Å². The molecule has 0 bridgehead atoms. The summed E-state index contributed by atoms with van der Waals surface area (Å²) in [6.45, 7) is 0.976. The number of ether oxygens (including phenoxy) is 2. The normalized spacial score (nSPS) is 10.6. The second-order valence-electron chi connectivity index (χ2n) is 3.48. The Bertz CT molecular complexity index is 532. The molecule has 5 nitrogen and oxygen atoms in total. The van der Waals surface area contributed by atoms with E-state index in [9.17, 15) is 4.79 Å². The molecule has 1 aromatic carbocycles. The molecular weight excluding hydrogens is 222 g/mol. The molecule has 0 fully saturated rings. The Kier molecular flexibility index (Phi) is 3.30. The summed E-state index contributed by atoms with van der Waals surface area (Å²) in [5.41, 5.74) is 7.53. The van der Waals surface area contributed by atoms with Gasteiger partial charge in [0.05, 0.1) is 6.61 Å². The molecule has 1 amide bonds. The van der Waals surface area contributed by atoms with E-state index in [0.29, 0.717) is 24.5 Å². The van der Waals surface area contributed by atoms with Crippen LogP contribution in [0.3, 0.4) is 0 Å². The van der Waals surface area contributed by atoms with E-state index in [1.165, 1.54) is 6.07 Å². The molecule has 2 aromatic rings. The zero-order valence-electron chi connectivity index (χ0n) is 9.36. The minimum atomic E-state index is -0.831. The zero-order valence-corrected chi connectivity index (χ0v) is 9.36. The number of nitrogens with one attached hydrogen (secondary N) is 1. The number of hydrogen-bond donors (Lipinski definition) is 0. The highest BCUT2D eigenvalue weighted by molar-refractivity contribution is 5.94. The van der Waals surface area contributed by atoms with Crippen LogP contribution in [0.4, 0.5) is 0 Å². The van der Waals surface area contributed by atoms with Gasteiger partial charge < -0.3 is 13.9 Å². The molecule has 0 atom stereocenters. The first kappa shape index (κ1) is 11.5. The first-order valence-corrected chi connectivity index (χ1v) is 5.12. The largest absolute Gasteiger partial charge is 0.491 e. The number of carbonyl (C=O) groups excluding carboxylic acids is 1. The number of rotatable bonds is 5. The Morgan fingerprint density at radius 3 is 2.88 bits per heavy atom. The third-order valence-corrected chi connectivity index (χ3v) is 2.27. The number of carbonyl (C=O) groups is 1. The van der Waals surface area contributed by atoms with E-state index in [0.717, 1.165) is 5.39 Å². The summed E-state index contributed by atoms with van der Waals surface area (Å²) in [5.74, 6) is -0.114. The topological polar surface area (TPSA) is 72.5 Å². The summed E-state index contributed by atoms with van der Waals surface area (Å²) in [7, 11) is 1.61. The molecule has 0 aliphatic rings. The average molecular weight is 234 g/mol. The van der Waals surface area contributed by atoms with Crippen molar-refractivity contribution in [3.05, 3.63) is 30.0 Å². The molecule has 0 aliphatic heterocycles. The smallest absolute Gasteiger partial charge is 0.305 e. The maximum absolute atomic E-state index is 10.8. The molecule has 1 radical (unpaired) electrons. The van der Waals surface area contributed by atoms with Crippen molar-refractivity contribution >= 4 is 16.9 Å². The number of amides is 1. The highest BCUT2D eigenvalue weighted by Gasteiger charge is 2.09. The van der Waals surface area contributed by atoms with E-state index in [1.807, 2.05) is 0 Å². The van der Waals surface area contributed by atoms with E-state index in [2.05, 4.69) is 0 Å². The van der Waals surface area contributed by atoms with Crippen LogP contribution in [-0.4, -0.2) is 26.2 Å². The second kappa shape index (κ2) is 4.88. The standard InChI is InChI=1S/C12H12NO4/c1-15-4-5-16-9-2-3-10-8(6-9)7-11(17-10)12(13)14/h2-3,6-7,13H,4-5H2,1H3. The lowest BCUT2D eigenvalue weighted by atomic mass is 10.2. The third-order valence-electron chi connectivity index (χ3n) is 2.27. The van der Waals surface area contributed by atoms with Crippen molar-refractivity contribution in [3.63, 3.8) is 0 Å². The van der Waals surface area contributed by atoms with Crippen molar-refractivity contribution in [2.45, 2.75) is 0 Å². The number of furan rings is 1. The van der Waals surface area contributed by atoms with Gasteiger partial charge in [-0.15, -0.1) is 0 Å². The molecule has 5 heteroatoms. The van der Waals surface area contributed by atoms with Gasteiger partial charge in [0.25, 0.3) is 0 Å². The van der Waals surface area contributed by atoms with Crippen LogP contribution in [0, 0.1) is 0 Å². The van der Waals surface area contributed by atoms with Gasteiger partial charge in [-0.3, -0.25) is 10.5 Å². The third kappa shape index (κ3) is 2.57. The lowest BCUT2D eigenvalue weighted by Gasteiger charge is -2.04. The van der Waals surface area contributed by atoms with Crippen LogP contribution in [0.5, 0.6) is 5.75 Å². The van der Waals surface area contributed by atoms with Crippen molar-refractivity contribution in [1.82, 2.24) is 5.73 Å². The van der Waals surface area contributed by atoms with Crippen molar-refractivity contribution in [3.8, 4) is 5.75 Å². The van der Waals surface area contributed by atoms with Crippen molar-refractivity contribution in [1.29, 1.82) is 0 Å². The molecule has 0 spiro atoms. The summed E-state index contributed by atoms with van der Waals surface area (Å²) in [5, 5.41) is 0.746. The number of benzene rings is 1. The van der Waals surface area contributed by atoms with Gasteiger partial charge in [-0.1, -0.05) is 0 Å². The molecular formula is C12H12NO4. The molecule has 1 aromatic heterocycles. The number of methoxy groups -OCH3 is 1. The minimum absolute atomic E-state index is 0.0361. The molecule has 0 saturated carbocycles. The van der Waals surface area contributed by atoms with E-state index < -0.39 is 5.91 Å². The molecule has 0 aliphatic carbocycles. The van der Waals surface area contributed by atoms with Gasteiger partial charge in [0.15, 0.2) is 5.76 Å². The Morgan fingerprint density at radius 1 is 1.35 bits per heavy atom. The van der Waals surface area contributed by atoms with Crippen LogP contribution in [0.15, 0.2) is 28.7 Å². The lowest BCUT2D eigenvalue weighted by Crippen LogP contribution is -2.03. The molecule has 17 heavy (non-hydrogen) atoms. The minimum Gasteiger partial charge on any atom is -0.491 e. The van der Waals surface area contributed by atoms with Gasteiger partial charge in [-0.05, 0) is 24.3 Å². The molecule has 1 N–H and O–H groups in total. The zero-order chi connectivity index (χ0) is 12.3. The molecule has 1 heterocycles. The van der Waals surface area contributed by atoms with E-state index in [-0.39, 0.29) is 5.76 Å². The predicted octanol–water partition coefficient (Wildman–Crippen LogP) is 1.88. The molecule has 0 unspecified atom stereocenters. The van der Waals surface area contributed by atoms with Gasteiger partial charge in [0.1, 0.15) is 17.9 Å². The highest BCUT2D eigenvalue weighted by atomic mass is 16.5. The van der Waals surface area contributed by atoms with E-state index in [1.54, 1.807) is 25.3 Å². The summed E-state index contributed by atoms with van der Waals surface area (Å²) < 4.78 is 15.5. The van der Waals surface area contributed by atoms with Crippen molar-refractivity contribution < 1.29 is 18.7 Å². The van der Waals surface area contributed by atoms with Gasteiger partial charge in [0.2, 0.25) is 0 Å². The van der Waals surface area contributed by atoms with Crippen molar-refractivity contribution in [2.75, 3.05) is 20.3 Å². The second-order valence-corrected chi connectivity index (χ2v) is 3.48. The number of hydrogen-bond acceptors (Lipinski definition) is 4. The maximum Gasteiger partial charge on any atom is 0.305 e. The monoisotopic (exact) mass is 234 g/mol. The molecule has 89 valence electrons. The Morgan fingerprint density at radius 2 is 2.18 bits per heavy atom. The van der Waals surface area contributed by atoms with Gasteiger partial charge >= 0.3 is 5.91 Å². The van der Waals surface area contributed by atoms with Crippen LogP contribution in [0.2, 0.25) is 0 Å². The fourth-order valence-electron chi connectivity index (χ4n) is 1.47. The first-order chi connectivity index (χ1) is 8.20. The SMILES string of the molecule is COCCOc1ccc2oc(C([NH])=O)cc2c1. The van der Waals surface area contributed by atoms with Crippen LogP contribution in [-0.2, 0) is 4.74 Å². The van der Waals surface area contributed by atoms with Crippen molar-refractivity contribution in [2.24, 2.45) is 0 Å². The number of fused-ring (bicyclic) bond motifs is 1. The predicted molar refractivity (Wildman–Crippen MR) is 61.0 cm³/mol. The summed E-state index contributed by atoms with van der Waals surface area (Å²) in [4.78, 5) is 10.8. The van der Waals surface area contributed by atoms with E-state index in [4.69, 9.17) is 19.6 Å². The summed E-state index contributed by atoms with van der Waals surface area (Å²) in [6, 6.07) is 6.76. The average Bonchev–Trinajstić information content (AvgIpc) is 2.72.